The molecule has 84 valence electrons. The number of nitrogens with two attached hydrogens (primary N) is 1. The molecule has 0 bridgehead atoms. The first kappa shape index (κ1) is 11.8. The second kappa shape index (κ2) is 4.98. The maximum Gasteiger partial charge on any atom is 0.252 e. The van der Waals surface area contributed by atoms with Crippen LogP contribution < -0.4 is 11.3 Å². The number of nitrogens with zero attached hydrogens (tertiary/aromatic N) is 1. The van der Waals surface area contributed by atoms with Crippen LogP contribution in [0, 0.1) is 12.8 Å². The largest absolute Gasteiger partial charge is 0.397 e. The van der Waals surface area contributed by atoms with Crippen molar-refractivity contribution < 1.29 is 4.74 Å². The fourth-order valence-corrected chi connectivity index (χ4v) is 1.23. The van der Waals surface area contributed by atoms with Crippen molar-refractivity contribution in [1.29, 1.82) is 0 Å². The Bertz CT molecular complexity index is 383. The molecule has 0 saturated carbocycles. The Labute approximate surface area is 89.7 Å². The molecule has 4 heteroatoms. The van der Waals surface area contributed by atoms with E-state index in [1.54, 1.807) is 6.07 Å². The van der Waals surface area contributed by atoms with Crippen LogP contribution in [0.3, 0.4) is 0 Å². The molecule has 0 aromatic carbocycles. The van der Waals surface area contributed by atoms with Gasteiger partial charge in [0.05, 0.1) is 12.3 Å². The van der Waals surface area contributed by atoms with Crippen LogP contribution in [0.2, 0.25) is 0 Å². The lowest BCUT2D eigenvalue weighted by atomic mass is 10.2. The number of nitrogen functional groups attached to an aromatic ring is 1. The standard InChI is InChI=1S/C11H18N2O2/c1-8(2)6-15-7-13-9(3)10(12)4-5-11(13)14/h4-5,8H,6-7,12H2,1-3H3. The van der Waals surface area contributed by atoms with Crippen molar-refractivity contribution in [3.05, 3.63) is 28.2 Å². The van der Waals surface area contributed by atoms with Gasteiger partial charge >= 0.3 is 0 Å². The van der Waals surface area contributed by atoms with Gasteiger partial charge in [-0.2, -0.15) is 0 Å². The van der Waals surface area contributed by atoms with Crippen LogP contribution in [0.5, 0.6) is 0 Å². The Hall–Kier alpha value is -1.29. The highest BCUT2D eigenvalue weighted by molar-refractivity contribution is 5.41. The van der Waals surface area contributed by atoms with Gasteiger partial charge in [0.2, 0.25) is 0 Å². The maximum absolute atomic E-state index is 11.5. The van der Waals surface area contributed by atoms with Crippen LogP contribution in [0.1, 0.15) is 19.5 Å². The van der Waals surface area contributed by atoms with Gasteiger partial charge in [-0.1, -0.05) is 13.8 Å². The summed E-state index contributed by atoms with van der Waals surface area (Å²) in [6.45, 7) is 6.86. The zero-order valence-corrected chi connectivity index (χ0v) is 9.49. The predicted molar refractivity (Wildman–Crippen MR) is 60.6 cm³/mol. The Balaban J connectivity index is 2.76. The average Bonchev–Trinajstić information content (AvgIpc) is 2.17. The third kappa shape index (κ3) is 3.09. The van der Waals surface area contributed by atoms with Gasteiger partial charge in [0, 0.05) is 11.8 Å². The van der Waals surface area contributed by atoms with Crippen molar-refractivity contribution in [3.63, 3.8) is 0 Å². The first-order valence-corrected chi connectivity index (χ1v) is 5.06. The number of pyridine rings is 1. The minimum atomic E-state index is -0.0783. The van der Waals surface area contributed by atoms with E-state index in [0.29, 0.717) is 18.2 Å². The molecule has 1 rings (SSSR count). The number of anilines is 1. The normalized spacial score (nSPS) is 10.9. The molecule has 4 nitrogen and oxygen atoms in total. The molecule has 0 aliphatic carbocycles. The molecule has 0 amide bonds. The lowest BCUT2D eigenvalue weighted by Crippen LogP contribution is -2.24. The highest BCUT2D eigenvalue weighted by atomic mass is 16.5. The first-order chi connectivity index (χ1) is 7.02. The van der Waals surface area contributed by atoms with Crippen LogP contribution >= 0.6 is 0 Å². The molecule has 0 fully saturated rings. The highest BCUT2D eigenvalue weighted by Gasteiger charge is 2.03. The van der Waals surface area contributed by atoms with Gasteiger partial charge in [-0.05, 0) is 18.9 Å². The number of hydrogen-bond acceptors (Lipinski definition) is 3. The zero-order chi connectivity index (χ0) is 11.4. The van der Waals surface area contributed by atoms with E-state index < -0.39 is 0 Å². The van der Waals surface area contributed by atoms with Crippen molar-refractivity contribution in [2.24, 2.45) is 5.92 Å². The molecule has 0 atom stereocenters. The van der Waals surface area contributed by atoms with E-state index in [9.17, 15) is 4.79 Å². The summed E-state index contributed by atoms with van der Waals surface area (Å²) in [5.41, 5.74) is 7.00. The van der Waals surface area contributed by atoms with Gasteiger partial charge in [0.15, 0.2) is 0 Å². The molecule has 1 aromatic rings. The lowest BCUT2D eigenvalue weighted by Gasteiger charge is -2.12. The molecule has 1 heterocycles. The Morgan fingerprint density at radius 2 is 2.13 bits per heavy atom. The van der Waals surface area contributed by atoms with Gasteiger partial charge < -0.3 is 10.5 Å². The van der Waals surface area contributed by atoms with E-state index in [-0.39, 0.29) is 12.3 Å². The summed E-state index contributed by atoms with van der Waals surface area (Å²) in [5, 5.41) is 0. The van der Waals surface area contributed by atoms with E-state index in [0.717, 1.165) is 5.69 Å². The fourth-order valence-electron chi connectivity index (χ4n) is 1.23. The molecule has 0 aliphatic rings. The summed E-state index contributed by atoms with van der Waals surface area (Å²) in [4.78, 5) is 11.5. The number of ether oxygens (including phenoxy) is 1. The Morgan fingerprint density at radius 1 is 1.47 bits per heavy atom. The molecule has 2 N–H and O–H groups in total. The maximum atomic E-state index is 11.5. The Morgan fingerprint density at radius 3 is 2.73 bits per heavy atom. The second-order valence-electron chi connectivity index (χ2n) is 4.03. The SMILES string of the molecule is Cc1c(N)ccc(=O)n1COCC(C)C. The van der Waals surface area contributed by atoms with Gasteiger partial charge in [-0.25, -0.2) is 0 Å². The van der Waals surface area contributed by atoms with Crippen molar-refractivity contribution in [3.8, 4) is 0 Å². The van der Waals surface area contributed by atoms with Gasteiger partial charge in [0.1, 0.15) is 6.73 Å². The summed E-state index contributed by atoms with van der Waals surface area (Å²) in [7, 11) is 0. The summed E-state index contributed by atoms with van der Waals surface area (Å²) >= 11 is 0. The third-order valence-electron chi connectivity index (χ3n) is 2.17. The molecule has 0 saturated heterocycles. The summed E-state index contributed by atoms with van der Waals surface area (Å²) in [6.07, 6.45) is 0. The topological polar surface area (TPSA) is 57.2 Å². The monoisotopic (exact) mass is 210 g/mol. The van der Waals surface area contributed by atoms with E-state index in [2.05, 4.69) is 13.8 Å². The van der Waals surface area contributed by atoms with Gasteiger partial charge in [-0.15, -0.1) is 0 Å². The zero-order valence-electron chi connectivity index (χ0n) is 9.49. The first-order valence-electron chi connectivity index (χ1n) is 5.06. The summed E-state index contributed by atoms with van der Waals surface area (Å²) in [5.74, 6) is 0.460. The molecule has 15 heavy (non-hydrogen) atoms. The van der Waals surface area contributed by atoms with Crippen molar-refractivity contribution >= 4 is 5.69 Å². The van der Waals surface area contributed by atoms with E-state index in [1.165, 1.54) is 10.6 Å². The molecular formula is C11H18N2O2. The number of aromatic nitrogens is 1. The van der Waals surface area contributed by atoms with Crippen molar-refractivity contribution in [2.45, 2.75) is 27.5 Å². The number of hydrogen-bond donors (Lipinski definition) is 1. The van der Waals surface area contributed by atoms with Crippen LogP contribution in [-0.2, 0) is 11.5 Å². The van der Waals surface area contributed by atoms with Crippen LogP contribution in [0.15, 0.2) is 16.9 Å². The van der Waals surface area contributed by atoms with Crippen LogP contribution in [0.25, 0.3) is 0 Å². The minimum Gasteiger partial charge on any atom is -0.397 e. The van der Waals surface area contributed by atoms with E-state index in [4.69, 9.17) is 10.5 Å². The molecule has 1 aromatic heterocycles. The summed E-state index contributed by atoms with van der Waals surface area (Å²) < 4.78 is 6.94. The number of rotatable bonds is 4. The molecule has 0 radical (unpaired) electrons. The second-order valence-corrected chi connectivity index (χ2v) is 4.03. The average molecular weight is 210 g/mol. The molecule has 0 unspecified atom stereocenters. The van der Waals surface area contributed by atoms with Crippen molar-refractivity contribution in [2.75, 3.05) is 12.3 Å². The minimum absolute atomic E-state index is 0.0783. The smallest absolute Gasteiger partial charge is 0.252 e. The van der Waals surface area contributed by atoms with E-state index in [1.807, 2.05) is 6.92 Å². The van der Waals surface area contributed by atoms with Crippen LogP contribution in [-0.4, -0.2) is 11.2 Å². The van der Waals surface area contributed by atoms with Crippen molar-refractivity contribution in [1.82, 2.24) is 4.57 Å². The Kier molecular flexibility index (Phi) is 3.91. The quantitative estimate of drug-likeness (QED) is 0.816. The predicted octanol–water partition coefficient (Wildman–Crippen LogP) is 1.37. The fraction of sp³-hybridized carbons (Fsp3) is 0.545. The highest BCUT2D eigenvalue weighted by Crippen LogP contribution is 2.06. The summed E-state index contributed by atoms with van der Waals surface area (Å²) in [6, 6.07) is 3.08. The van der Waals surface area contributed by atoms with E-state index >= 15 is 0 Å². The molecule has 0 spiro atoms. The third-order valence-corrected chi connectivity index (χ3v) is 2.17. The van der Waals surface area contributed by atoms with Gasteiger partial charge in [0.25, 0.3) is 5.56 Å². The molecule has 0 aliphatic heterocycles. The van der Waals surface area contributed by atoms with Gasteiger partial charge in [-0.3, -0.25) is 9.36 Å². The molecular weight excluding hydrogens is 192 g/mol. The van der Waals surface area contributed by atoms with Crippen LogP contribution in [0.4, 0.5) is 5.69 Å². The lowest BCUT2D eigenvalue weighted by molar-refractivity contribution is 0.0546.